The topological polar surface area (TPSA) is 61.5 Å². The number of rotatable bonds is 3. The highest BCUT2D eigenvalue weighted by Gasteiger charge is 2.03. The van der Waals surface area contributed by atoms with Gasteiger partial charge in [0.1, 0.15) is 0 Å². The van der Waals surface area contributed by atoms with Crippen LogP contribution in [-0.2, 0) is 0 Å². The highest BCUT2D eigenvalue weighted by molar-refractivity contribution is 5.83. The number of benzene rings is 3. The fourth-order valence-electron chi connectivity index (χ4n) is 2.02. The first-order valence-corrected chi connectivity index (χ1v) is 6.22. The highest BCUT2D eigenvalue weighted by Crippen LogP contribution is 2.25. The second-order valence-corrected chi connectivity index (χ2v) is 4.42. The highest BCUT2D eigenvalue weighted by atomic mass is 16.9. The van der Waals surface area contributed by atoms with Crippen LogP contribution in [-0.4, -0.2) is 0 Å². The van der Waals surface area contributed by atoms with E-state index in [1.807, 2.05) is 36.4 Å². The molecule has 0 aliphatic heterocycles. The second kappa shape index (κ2) is 5.11. The Bertz CT molecular complexity index is 743. The largest absolute Gasteiger partial charge is 0.724 e. The lowest BCUT2D eigenvalue weighted by atomic mass is 10.1. The van der Waals surface area contributed by atoms with Gasteiger partial charge >= 0.3 is 0 Å². The monoisotopic (exact) mass is 265 g/mol. The molecule has 0 fully saturated rings. The van der Waals surface area contributed by atoms with E-state index in [0.29, 0.717) is 22.4 Å². The Kier molecular flexibility index (Phi) is 3.15. The second-order valence-electron chi connectivity index (χ2n) is 4.42. The minimum absolute atomic E-state index is 0.292. The van der Waals surface area contributed by atoms with Crippen LogP contribution in [0.5, 0.6) is 5.75 Å². The number of fused-ring (bicyclic) bond motifs is 1. The number of nitrogen functional groups attached to an aromatic ring is 1. The van der Waals surface area contributed by atoms with Gasteiger partial charge in [0, 0.05) is 0 Å². The Hall–Kier alpha value is -2.72. The van der Waals surface area contributed by atoms with Gasteiger partial charge in [0.05, 0.1) is 11.4 Å². The van der Waals surface area contributed by atoms with E-state index in [9.17, 15) is 5.21 Å². The summed E-state index contributed by atoms with van der Waals surface area (Å²) in [7, 11) is 0. The van der Waals surface area contributed by atoms with Crippen molar-refractivity contribution in [1.82, 2.24) is 0 Å². The van der Waals surface area contributed by atoms with E-state index in [1.54, 1.807) is 30.3 Å². The SMILES string of the molecule is Nc1ccccc1N([O-])Oc1ccc2ccccc2c1. The molecule has 0 heterocycles. The van der Waals surface area contributed by atoms with Crippen LogP contribution in [0, 0.1) is 5.21 Å². The van der Waals surface area contributed by atoms with E-state index in [4.69, 9.17) is 10.6 Å². The summed E-state index contributed by atoms with van der Waals surface area (Å²) in [6, 6.07) is 20.1. The molecule has 2 N–H and O–H groups in total. The van der Waals surface area contributed by atoms with Crippen LogP contribution in [0.3, 0.4) is 0 Å². The molecule has 0 radical (unpaired) electrons. The molecule has 0 bridgehead atoms. The molecule has 0 saturated heterocycles. The fourth-order valence-corrected chi connectivity index (χ4v) is 2.02. The van der Waals surface area contributed by atoms with E-state index in [1.165, 1.54) is 0 Å². The van der Waals surface area contributed by atoms with E-state index < -0.39 is 0 Å². The van der Waals surface area contributed by atoms with Crippen molar-refractivity contribution in [3.8, 4) is 5.75 Å². The molecule has 0 aliphatic rings. The van der Waals surface area contributed by atoms with Crippen LogP contribution >= 0.6 is 0 Å². The normalized spacial score (nSPS) is 10.4. The number of nitrogens with zero attached hydrogens (tertiary/aromatic N) is 1. The summed E-state index contributed by atoms with van der Waals surface area (Å²) in [4.78, 5) is 5.29. The molecular weight excluding hydrogens is 252 g/mol. The maximum atomic E-state index is 12.0. The van der Waals surface area contributed by atoms with E-state index >= 15 is 0 Å². The standard InChI is InChI=1S/C16H13N2O2/c17-15-7-3-4-8-16(15)18(19)20-14-10-9-12-5-1-2-6-13(12)11-14/h1-11H,17H2/q-1. The minimum atomic E-state index is 0.292. The van der Waals surface area contributed by atoms with Crippen LogP contribution in [0.2, 0.25) is 0 Å². The van der Waals surface area contributed by atoms with Crippen molar-refractivity contribution >= 4 is 22.1 Å². The molecule has 0 saturated carbocycles. The summed E-state index contributed by atoms with van der Waals surface area (Å²) in [6.07, 6.45) is 0. The lowest BCUT2D eigenvalue weighted by Crippen LogP contribution is -2.20. The maximum absolute atomic E-state index is 12.0. The van der Waals surface area contributed by atoms with E-state index in [-0.39, 0.29) is 0 Å². The molecule has 3 aromatic rings. The van der Waals surface area contributed by atoms with Crippen LogP contribution in [0.25, 0.3) is 10.8 Å². The molecule has 0 aliphatic carbocycles. The van der Waals surface area contributed by atoms with Gasteiger partial charge in [-0.2, -0.15) is 0 Å². The molecule has 0 atom stereocenters. The predicted octanol–water partition coefficient (Wildman–Crippen LogP) is 3.72. The third kappa shape index (κ3) is 2.37. The van der Waals surface area contributed by atoms with Crippen molar-refractivity contribution in [1.29, 1.82) is 0 Å². The van der Waals surface area contributed by atoms with Crippen LogP contribution in [0.4, 0.5) is 11.4 Å². The molecule has 0 aromatic heterocycles. The smallest absolute Gasteiger partial charge is 0.154 e. The summed E-state index contributed by atoms with van der Waals surface area (Å²) < 4.78 is 0. The lowest BCUT2D eigenvalue weighted by molar-refractivity contribution is 0.320. The zero-order chi connectivity index (χ0) is 13.9. The summed E-state index contributed by atoms with van der Waals surface area (Å²) in [5.74, 6) is 0.474. The predicted molar refractivity (Wildman–Crippen MR) is 81.3 cm³/mol. The van der Waals surface area contributed by atoms with Crippen molar-refractivity contribution in [3.63, 3.8) is 0 Å². The van der Waals surface area contributed by atoms with Gasteiger partial charge in [-0.25, -0.2) is 0 Å². The van der Waals surface area contributed by atoms with Crippen LogP contribution in [0.15, 0.2) is 66.7 Å². The van der Waals surface area contributed by atoms with Gasteiger partial charge in [-0.05, 0) is 35.0 Å². The Labute approximate surface area is 116 Å². The third-order valence-corrected chi connectivity index (χ3v) is 3.04. The van der Waals surface area contributed by atoms with Crippen molar-refractivity contribution in [2.45, 2.75) is 0 Å². The molecule has 4 heteroatoms. The Morgan fingerprint density at radius 2 is 1.55 bits per heavy atom. The molecule has 3 rings (SSSR count). The molecule has 20 heavy (non-hydrogen) atoms. The lowest BCUT2D eigenvalue weighted by Gasteiger charge is -2.30. The number of hydrogen-bond acceptors (Lipinski definition) is 4. The molecule has 3 aromatic carbocycles. The Balaban J connectivity index is 1.87. The quantitative estimate of drug-likeness (QED) is 0.579. The first-order valence-electron chi connectivity index (χ1n) is 6.22. The molecule has 0 spiro atoms. The van der Waals surface area contributed by atoms with Crippen LogP contribution in [0.1, 0.15) is 0 Å². The van der Waals surface area contributed by atoms with Gasteiger partial charge < -0.3 is 15.8 Å². The summed E-state index contributed by atoms with van der Waals surface area (Å²) >= 11 is 0. The first kappa shape index (κ1) is 12.3. The number of para-hydroxylation sites is 2. The fraction of sp³-hybridized carbons (Fsp3) is 0. The van der Waals surface area contributed by atoms with E-state index in [2.05, 4.69) is 0 Å². The Morgan fingerprint density at radius 1 is 0.850 bits per heavy atom. The molecule has 0 unspecified atom stereocenters. The van der Waals surface area contributed by atoms with Crippen molar-refractivity contribution in [3.05, 3.63) is 71.9 Å². The van der Waals surface area contributed by atoms with Gasteiger partial charge in [0.25, 0.3) is 0 Å². The molecule has 4 nitrogen and oxygen atoms in total. The zero-order valence-electron chi connectivity index (χ0n) is 10.7. The summed E-state index contributed by atoms with van der Waals surface area (Å²) in [5, 5.41) is 14.5. The van der Waals surface area contributed by atoms with E-state index in [0.717, 1.165) is 10.8 Å². The number of nitrogens with two attached hydrogens (primary N) is 1. The average molecular weight is 265 g/mol. The number of anilines is 2. The Morgan fingerprint density at radius 3 is 2.35 bits per heavy atom. The molecule has 0 amide bonds. The van der Waals surface area contributed by atoms with Gasteiger partial charge in [-0.3, -0.25) is 5.23 Å². The van der Waals surface area contributed by atoms with Crippen molar-refractivity contribution in [2.24, 2.45) is 0 Å². The minimum Gasteiger partial charge on any atom is -0.724 e. The van der Waals surface area contributed by atoms with Gasteiger partial charge in [-0.15, -0.1) is 0 Å². The molecule has 100 valence electrons. The van der Waals surface area contributed by atoms with Crippen molar-refractivity contribution in [2.75, 3.05) is 11.0 Å². The zero-order valence-corrected chi connectivity index (χ0v) is 10.7. The maximum Gasteiger partial charge on any atom is 0.154 e. The summed E-state index contributed by atoms with van der Waals surface area (Å²) in [6.45, 7) is 0. The van der Waals surface area contributed by atoms with Gasteiger partial charge in [0.15, 0.2) is 5.75 Å². The number of hydrogen-bond donors (Lipinski definition) is 1. The molecular formula is C16H13N2O2-. The van der Waals surface area contributed by atoms with Crippen LogP contribution < -0.4 is 15.8 Å². The van der Waals surface area contributed by atoms with Gasteiger partial charge in [0.2, 0.25) is 0 Å². The third-order valence-electron chi connectivity index (χ3n) is 3.04. The summed E-state index contributed by atoms with van der Waals surface area (Å²) in [5.41, 5.74) is 6.41. The van der Waals surface area contributed by atoms with Crippen molar-refractivity contribution < 1.29 is 4.84 Å². The average Bonchev–Trinajstić information content (AvgIpc) is 2.47. The first-order chi connectivity index (χ1) is 9.74. The van der Waals surface area contributed by atoms with Gasteiger partial charge in [-0.1, -0.05) is 42.5 Å².